The molecule has 0 unspecified atom stereocenters. The van der Waals surface area contributed by atoms with Crippen LogP contribution in [0.15, 0.2) is 52.1 Å². The average molecular weight is 457 g/mol. The fourth-order valence-corrected chi connectivity index (χ4v) is 2.23. The standard InChI is InChI=1S/C19H27N3O2.HI/c1-15(2)13-21-19(20-11-10-17-8-6-12-24-17)22-14-16-7-4-5-9-18(16)23-3;/h4-9,12,15H,10-11,13-14H2,1-3H3,(H2,20,21,22);1H. The highest BCUT2D eigenvalue weighted by atomic mass is 127. The summed E-state index contributed by atoms with van der Waals surface area (Å²) in [6.45, 7) is 6.56. The van der Waals surface area contributed by atoms with E-state index in [1.807, 2.05) is 36.4 Å². The van der Waals surface area contributed by atoms with E-state index in [0.717, 1.165) is 42.5 Å². The molecule has 6 heteroatoms. The molecule has 0 aliphatic heterocycles. The molecule has 25 heavy (non-hydrogen) atoms. The van der Waals surface area contributed by atoms with Crippen LogP contribution >= 0.6 is 24.0 Å². The lowest BCUT2D eigenvalue weighted by molar-refractivity contribution is 0.410. The van der Waals surface area contributed by atoms with Crippen molar-refractivity contribution in [2.45, 2.75) is 26.8 Å². The van der Waals surface area contributed by atoms with Crippen LogP contribution in [0.4, 0.5) is 0 Å². The van der Waals surface area contributed by atoms with E-state index in [9.17, 15) is 0 Å². The Labute approximate surface area is 167 Å². The molecular formula is C19H28IN3O2. The van der Waals surface area contributed by atoms with Crippen LogP contribution in [0.2, 0.25) is 0 Å². The van der Waals surface area contributed by atoms with Gasteiger partial charge in [0.15, 0.2) is 5.96 Å². The third-order valence-corrected chi connectivity index (χ3v) is 3.52. The molecule has 0 saturated heterocycles. The maximum Gasteiger partial charge on any atom is 0.191 e. The van der Waals surface area contributed by atoms with E-state index in [2.05, 4.69) is 29.5 Å². The minimum Gasteiger partial charge on any atom is -0.496 e. The lowest BCUT2D eigenvalue weighted by atomic mass is 10.2. The summed E-state index contributed by atoms with van der Waals surface area (Å²) in [5.41, 5.74) is 1.07. The highest BCUT2D eigenvalue weighted by Gasteiger charge is 2.04. The van der Waals surface area contributed by atoms with Crippen molar-refractivity contribution >= 4 is 29.9 Å². The van der Waals surface area contributed by atoms with Crippen LogP contribution in [0.5, 0.6) is 5.75 Å². The first kappa shape index (κ1) is 21.3. The monoisotopic (exact) mass is 457 g/mol. The Balaban J connectivity index is 0.00000312. The predicted octanol–water partition coefficient (Wildman–Crippen LogP) is 3.84. The molecule has 0 radical (unpaired) electrons. The number of halogens is 1. The summed E-state index contributed by atoms with van der Waals surface area (Å²) in [7, 11) is 1.68. The summed E-state index contributed by atoms with van der Waals surface area (Å²) in [4.78, 5) is 4.68. The number of nitrogens with one attached hydrogen (secondary N) is 2. The largest absolute Gasteiger partial charge is 0.496 e. The Morgan fingerprint density at radius 1 is 1.16 bits per heavy atom. The summed E-state index contributed by atoms with van der Waals surface area (Å²) >= 11 is 0. The summed E-state index contributed by atoms with van der Waals surface area (Å²) in [6.07, 6.45) is 2.52. The number of hydrogen-bond donors (Lipinski definition) is 2. The third-order valence-electron chi connectivity index (χ3n) is 3.52. The van der Waals surface area contributed by atoms with Gasteiger partial charge in [0.1, 0.15) is 11.5 Å². The number of guanidine groups is 1. The van der Waals surface area contributed by atoms with Crippen molar-refractivity contribution in [2.75, 3.05) is 20.2 Å². The van der Waals surface area contributed by atoms with E-state index in [4.69, 9.17) is 9.15 Å². The number of ether oxygens (including phenoxy) is 1. The molecule has 138 valence electrons. The zero-order valence-corrected chi connectivity index (χ0v) is 17.4. The highest BCUT2D eigenvalue weighted by Crippen LogP contribution is 2.17. The minimum absolute atomic E-state index is 0. The van der Waals surface area contributed by atoms with Crippen molar-refractivity contribution < 1.29 is 9.15 Å². The van der Waals surface area contributed by atoms with Crippen LogP contribution in [0, 0.1) is 5.92 Å². The number of nitrogens with zero attached hydrogens (tertiary/aromatic N) is 1. The SMILES string of the molecule is COc1ccccc1CN=C(NCCc1ccco1)NCC(C)C.I. The molecule has 2 N–H and O–H groups in total. The van der Waals surface area contributed by atoms with E-state index in [0.29, 0.717) is 12.5 Å². The predicted molar refractivity (Wildman–Crippen MR) is 113 cm³/mol. The Morgan fingerprint density at radius 3 is 2.64 bits per heavy atom. The summed E-state index contributed by atoms with van der Waals surface area (Å²) < 4.78 is 10.7. The van der Waals surface area contributed by atoms with Gasteiger partial charge in [-0.25, -0.2) is 4.99 Å². The van der Waals surface area contributed by atoms with Gasteiger partial charge < -0.3 is 19.8 Å². The molecule has 0 amide bonds. The molecule has 0 atom stereocenters. The molecule has 2 aromatic rings. The molecule has 0 aliphatic rings. The zero-order chi connectivity index (χ0) is 17.2. The van der Waals surface area contributed by atoms with Crippen molar-refractivity contribution in [3.8, 4) is 5.75 Å². The van der Waals surface area contributed by atoms with Crippen LogP contribution in [-0.2, 0) is 13.0 Å². The second-order valence-electron chi connectivity index (χ2n) is 6.01. The van der Waals surface area contributed by atoms with Gasteiger partial charge in [0.05, 0.1) is 19.9 Å². The smallest absolute Gasteiger partial charge is 0.191 e. The lowest BCUT2D eigenvalue weighted by Crippen LogP contribution is -2.40. The second kappa shape index (κ2) is 11.8. The van der Waals surface area contributed by atoms with Crippen LogP contribution < -0.4 is 15.4 Å². The van der Waals surface area contributed by atoms with Crippen LogP contribution in [0.25, 0.3) is 0 Å². The van der Waals surface area contributed by atoms with E-state index >= 15 is 0 Å². The Bertz CT molecular complexity index is 627. The van der Waals surface area contributed by atoms with Crippen molar-refractivity contribution in [3.05, 3.63) is 54.0 Å². The first-order valence-corrected chi connectivity index (χ1v) is 8.35. The molecule has 5 nitrogen and oxygen atoms in total. The summed E-state index contributed by atoms with van der Waals surface area (Å²) in [5, 5.41) is 6.73. The molecule has 0 spiro atoms. The van der Waals surface area contributed by atoms with E-state index in [1.165, 1.54) is 0 Å². The number of aliphatic imine (C=N–C) groups is 1. The zero-order valence-electron chi connectivity index (χ0n) is 15.1. The third kappa shape index (κ3) is 7.81. The van der Waals surface area contributed by atoms with Crippen molar-refractivity contribution in [2.24, 2.45) is 10.9 Å². The average Bonchev–Trinajstić information content (AvgIpc) is 3.10. The van der Waals surface area contributed by atoms with Gasteiger partial charge in [-0.05, 0) is 24.1 Å². The quantitative estimate of drug-likeness (QED) is 0.359. The highest BCUT2D eigenvalue weighted by molar-refractivity contribution is 14.0. The minimum atomic E-state index is 0. The molecule has 0 saturated carbocycles. The number of para-hydroxylation sites is 1. The van der Waals surface area contributed by atoms with Gasteiger partial charge in [0.25, 0.3) is 0 Å². The van der Waals surface area contributed by atoms with Gasteiger partial charge in [-0.1, -0.05) is 32.0 Å². The molecule has 1 aromatic heterocycles. The van der Waals surface area contributed by atoms with Gasteiger partial charge >= 0.3 is 0 Å². The fourth-order valence-electron chi connectivity index (χ4n) is 2.23. The van der Waals surface area contributed by atoms with Gasteiger partial charge in [-0.15, -0.1) is 24.0 Å². The topological polar surface area (TPSA) is 58.8 Å². The van der Waals surface area contributed by atoms with Crippen LogP contribution in [0.1, 0.15) is 25.2 Å². The van der Waals surface area contributed by atoms with Gasteiger partial charge in [0.2, 0.25) is 0 Å². The molecule has 0 aliphatic carbocycles. The number of methoxy groups -OCH3 is 1. The summed E-state index contributed by atoms with van der Waals surface area (Å²) in [5.74, 6) is 3.19. The van der Waals surface area contributed by atoms with Crippen molar-refractivity contribution in [1.29, 1.82) is 0 Å². The van der Waals surface area contributed by atoms with E-state index in [1.54, 1.807) is 13.4 Å². The van der Waals surface area contributed by atoms with Crippen molar-refractivity contribution in [1.82, 2.24) is 10.6 Å². The van der Waals surface area contributed by atoms with Gasteiger partial charge in [-0.2, -0.15) is 0 Å². The Kier molecular flexibility index (Phi) is 10.1. The van der Waals surface area contributed by atoms with Crippen LogP contribution in [-0.4, -0.2) is 26.2 Å². The maximum absolute atomic E-state index is 5.38. The van der Waals surface area contributed by atoms with Crippen LogP contribution in [0.3, 0.4) is 0 Å². The molecule has 0 bridgehead atoms. The molecule has 0 fully saturated rings. The van der Waals surface area contributed by atoms with E-state index in [-0.39, 0.29) is 24.0 Å². The number of rotatable bonds is 8. The molecule has 1 aromatic carbocycles. The molecule has 2 rings (SSSR count). The molecular weight excluding hydrogens is 429 g/mol. The fraction of sp³-hybridized carbons (Fsp3) is 0.421. The number of benzene rings is 1. The molecule has 1 heterocycles. The number of furan rings is 1. The normalized spacial score (nSPS) is 11.1. The van der Waals surface area contributed by atoms with Gasteiger partial charge in [0, 0.05) is 25.1 Å². The summed E-state index contributed by atoms with van der Waals surface area (Å²) in [6, 6.07) is 11.8. The van der Waals surface area contributed by atoms with Gasteiger partial charge in [-0.3, -0.25) is 0 Å². The number of hydrogen-bond acceptors (Lipinski definition) is 3. The first-order valence-electron chi connectivity index (χ1n) is 8.35. The first-order chi connectivity index (χ1) is 11.7. The second-order valence-corrected chi connectivity index (χ2v) is 6.01. The Hall–Kier alpha value is -1.70. The Morgan fingerprint density at radius 2 is 1.96 bits per heavy atom. The maximum atomic E-state index is 5.38. The lowest BCUT2D eigenvalue weighted by Gasteiger charge is -2.14. The van der Waals surface area contributed by atoms with E-state index < -0.39 is 0 Å². The van der Waals surface area contributed by atoms with Crippen molar-refractivity contribution in [3.63, 3.8) is 0 Å².